The average Bonchev–Trinajstić information content (AvgIpc) is 4.18. The van der Waals surface area contributed by atoms with E-state index in [2.05, 4.69) is 194 Å². The van der Waals surface area contributed by atoms with Crippen LogP contribution in [0.3, 0.4) is 0 Å². The summed E-state index contributed by atoms with van der Waals surface area (Å²) in [6.45, 7) is 17.2. The van der Waals surface area contributed by atoms with E-state index in [1.807, 2.05) is 54.2 Å². The molecule has 0 saturated carbocycles. The van der Waals surface area contributed by atoms with Crippen molar-refractivity contribution in [2.75, 3.05) is 9.80 Å². The Morgan fingerprint density at radius 3 is 1.63 bits per heavy atom. The summed E-state index contributed by atoms with van der Waals surface area (Å²) in [6.07, 6.45) is 3.69. The van der Waals surface area contributed by atoms with Crippen LogP contribution in [0.2, 0.25) is 0 Å². The molecule has 11 nitrogen and oxygen atoms in total. The van der Waals surface area contributed by atoms with E-state index in [-0.39, 0.29) is 26.5 Å². The van der Waals surface area contributed by atoms with Crippen LogP contribution in [0.4, 0.5) is 23.1 Å². The van der Waals surface area contributed by atoms with Gasteiger partial charge in [-0.3, -0.25) is 9.13 Å². The first kappa shape index (κ1) is 47.1. The van der Waals surface area contributed by atoms with Crippen molar-refractivity contribution in [3.63, 3.8) is 0 Å². The largest absolute Gasteiger partial charge is 0.509 e. The number of para-hydroxylation sites is 5. The number of fused-ring (bicyclic) bond motifs is 10. The molecule has 1 aliphatic rings. The number of rotatable bonds is 7. The summed E-state index contributed by atoms with van der Waals surface area (Å²) in [4.78, 5) is 30.3. The van der Waals surface area contributed by atoms with E-state index < -0.39 is 0 Å². The van der Waals surface area contributed by atoms with Crippen molar-refractivity contribution in [3.05, 3.63) is 211 Å². The fraction of sp³-hybridized carbons (Fsp3) is 0.125. The Labute approximate surface area is 454 Å². The van der Waals surface area contributed by atoms with Crippen molar-refractivity contribution in [1.29, 1.82) is 0 Å². The Morgan fingerprint density at radius 1 is 0.474 bits per heavy atom. The first-order chi connectivity index (χ1) is 36.5. The van der Waals surface area contributed by atoms with Crippen molar-refractivity contribution < 1.29 is 25.8 Å². The molecule has 0 aliphatic carbocycles. The van der Waals surface area contributed by atoms with Crippen LogP contribution in [0, 0.1) is 46.5 Å². The summed E-state index contributed by atoms with van der Waals surface area (Å²) in [5.41, 5.74) is 13.2. The number of pyridine rings is 2. The Bertz CT molecular complexity index is 4240. The Hall–Kier alpha value is -8.66. The zero-order valence-corrected chi connectivity index (χ0v) is 45.1. The van der Waals surface area contributed by atoms with E-state index in [1.54, 1.807) is 6.20 Å². The third kappa shape index (κ3) is 7.31. The van der Waals surface area contributed by atoms with Crippen molar-refractivity contribution in [3.8, 4) is 29.2 Å². The van der Waals surface area contributed by atoms with Gasteiger partial charge in [-0.25, -0.2) is 9.97 Å². The molecule has 0 unspecified atom stereocenters. The molecule has 76 heavy (non-hydrogen) atoms. The molecule has 0 atom stereocenters. The molecule has 7 heterocycles. The summed E-state index contributed by atoms with van der Waals surface area (Å²) in [6, 6.07) is 59.7. The van der Waals surface area contributed by atoms with Crippen molar-refractivity contribution in [2.45, 2.75) is 53.9 Å². The third-order valence-electron chi connectivity index (χ3n) is 14.8. The molecular weight excluding hydrogens is 1120 g/mol. The molecule has 374 valence electrons. The number of ether oxygens (including phenoxy) is 1. The number of aromatic nitrogens is 8. The van der Waals surface area contributed by atoms with Crippen LogP contribution in [0.25, 0.3) is 83.1 Å². The number of nitrogens with zero attached hydrogens (tertiary/aromatic N) is 10. The van der Waals surface area contributed by atoms with E-state index in [9.17, 15) is 0 Å². The van der Waals surface area contributed by atoms with Gasteiger partial charge in [0, 0.05) is 72.0 Å². The van der Waals surface area contributed by atoms with Crippen LogP contribution in [0.1, 0.15) is 48.6 Å². The standard InChI is InChI=1S/C64H49N10O.Pt/c1-38-16-10-23-48-49-24-11-17-39(2)57(49)73(56(38)48)62-67-61(68-63(69-62)74-58-40(3)18-12-25-50(58)51-26-13-19-41(4)59(51)74)71-37-70(53-28-15-32-66-60(53)71)43-20-14-21-44(35-43)75-45-29-30-47-46-22-8-9-27-52(46)72(54(47)36-45)55-34-42(31-33-65-55)64(5,6)7;/h8-34,37H,1-7H3;/q-3;. The number of hydrogen-bond donors (Lipinski definition) is 0. The minimum Gasteiger partial charge on any atom is -0.509 e. The van der Waals surface area contributed by atoms with Crippen LogP contribution >= 0.6 is 0 Å². The van der Waals surface area contributed by atoms with Gasteiger partial charge in [-0.1, -0.05) is 117 Å². The number of benzene rings is 7. The van der Waals surface area contributed by atoms with Gasteiger partial charge in [0.1, 0.15) is 11.6 Å². The smallest absolute Gasteiger partial charge is 0.241 e. The monoisotopic (exact) mass is 1170 g/mol. The predicted octanol–water partition coefficient (Wildman–Crippen LogP) is 15.3. The van der Waals surface area contributed by atoms with Crippen LogP contribution in [-0.4, -0.2) is 38.6 Å². The van der Waals surface area contributed by atoms with E-state index in [1.165, 1.54) is 5.56 Å². The molecule has 1 aliphatic heterocycles. The van der Waals surface area contributed by atoms with Gasteiger partial charge in [-0.2, -0.15) is 27.1 Å². The molecule has 12 heteroatoms. The van der Waals surface area contributed by atoms with E-state index in [0.29, 0.717) is 35.2 Å². The second-order valence-electron chi connectivity index (χ2n) is 20.6. The van der Waals surface area contributed by atoms with Gasteiger partial charge in [0.15, 0.2) is 0 Å². The first-order valence-corrected chi connectivity index (χ1v) is 25.2. The van der Waals surface area contributed by atoms with Gasteiger partial charge in [-0.05, 0) is 96.6 Å². The maximum absolute atomic E-state index is 6.69. The fourth-order valence-electron chi connectivity index (χ4n) is 11.2. The van der Waals surface area contributed by atoms with Gasteiger partial charge in [0.2, 0.25) is 17.8 Å². The van der Waals surface area contributed by atoms with E-state index in [0.717, 1.165) is 105 Å². The van der Waals surface area contributed by atoms with E-state index >= 15 is 0 Å². The molecule has 0 bridgehead atoms. The predicted molar refractivity (Wildman–Crippen MR) is 302 cm³/mol. The summed E-state index contributed by atoms with van der Waals surface area (Å²) in [7, 11) is 0. The van der Waals surface area contributed by atoms with Gasteiger partial charge < -0.3 is 19.1 Å². The average molecular weight is 1170 g/mol. The molecule has 6 aromatic heterocycles. The summed E-state index contributed by atoms with van der Waals surface area (Å²) >= 11 is 0. The number of hydrogen-bond acceptors (Lipinski definition) is 8. The van der Waals surface area contributed by atoms with Gasteiger partial charge in [-0.15, -0.1) is 48.1 Å². The molecule has 7 aromatic carbocycles. The quantitative estimate of drug-likeness (QED) is 0.146. The Kier molecular flexibility index (Phi) is 11.0. The van der Waals surface area contributed by atoms with Gasteiger partial charge >= 0.3 is 0 Å². The Balaban J connectivity index is 0.00000553. The fourth-order valence-corrected chi connectivity index (χ4v) is 11.2. The molecule has 0 fully saturated rings. The molecule has 0 amide bonds. The first-order valence-electron chi connectivity index (χ1n) is 25.2. The van der Waals surface area contributed by atoms with Crippen LogP contribution in [0.15, 0.2) is 164 Å². The molecular formula is C64H49N10OPt-3. The zero-order chi connectivity index (χ0) is 50.9. The molecule has 0 radical (unpaired) electrons. The minimum atomic E-state index is -0.0510. The molecule has 13 aromatic rings. The second-order valence-corrected chi connectivity index (χ2v) is 20.6. The van der Waals surface area contributed by atoms with Crippen LogP contribution in [0.5, 0.6) is 11.5 Å². The SMILES string of the molecule is Cc1cccc2c3cccc(C)c3n(-c3nc(N4[CH-]N(c5[c-]c(Oc6[c-]c7c(cc6)c6ccccc6n7-c6cc(C(C)(C)C)ccn6)ccc5)c5cccnc54)nc(-n4c5c(C)cccc5c5cccc(C)c54)n3)c12.[Pt]. The second kappa shape index (κ2) is 17.7. The number of anilines is 4. The summed E-state index contributed by atoms with van der Waals surface area (Å²) in [5.74, 6) is 3.95. The normalized spacial score (nSPS) is 12.7. The molecule has 0 N–H and O–H groups in total. The van der Waals surface area contributed by atoms with Gasteiger partial charge in [0.25, 0.3) is 0 Å². The third-order valence-corrected chi connectivity index (χ3v) is 14.8. The van der Waals surface area contributed by atoms with Crippen molar-refractivity contribution in [1.82, 2.24) is 38.6 Å². The topological polar surface area (TPSA) is 95.0 Å². The van der Waals surface area contributed by atoms with E-state index in [4.69, 9.17) is 29.7 Å². The minimum absolute atomic E-state index is 0. The van der Waals surface area contributed by atoms with Crippen molar-refractivity contribution in [2.24, 2.45) is 0 Å². The molecule has 14 rings (SSSR count). The Morgan fingerprint density at radius 2 is 1.03 bits per heavy atom. The van der Waals surface area contributed by atoms with Crippen molar-refractivity contribution >= 4 is 88.6 Å². The summed E-state index contributed by atoms with van der Waals surface area (Å²) < 4.78 is 13.3. The summed E-state index contributed by atoms with van der Waals surface area (Å²) in [5, 5.41) is 6.70. The van der Waals surface area contributed by atoms with Crippen LogP contribution < -0.4 is 14.5 Å². The zero-order valence-electron chi connectivity index (χ0n) is 42.9. The maximum Gasteiger partial charge on any atom is 0.241 e. The molecule has 0 saturated heterocycles. The maximum atomic E-state index is 6.69. The number of aryl methyl sites for hydroxylation is 4. The van der Waals surface area contributed by atoms with Gasteiger partial charge in [0.05, 0.1) is 27.8 Å². The molecule has 0 spiro atoms. The van der Waals surface area contributed by atoms with Crippen LogP contribution in [-0.2, 0) is 26.5 Å².